The standard InChI is InChI=1S/C15H14N2O6S/c1-23-7-9-8-24(21,22)14-11(6-10-4-2-3-5-16-10)13(18)17(14)12(9)15(19)20/h2-6,14H,7-8H2,1H3,(H,19,20)/b11-6-/t14-/m1/s1. The fourth-order valence-electron chi connectivity index (χ4n) is 2.85. The zero-order chi connectivity index (χ0) is 17.5. The Labute approximate surface area is 138 Å². The minimum atomic E-state index is -3.76. The summed E-state index contributed by atoms with van der Waals surface area (Å²) in [5.41, 5.74) is 0.189. The fraction of sp³-hybridized carbons (Fsp3) is 0.267. The van der Waals surface area contributed by atoms with Crippen molar-refractivity contribution in [2.24, 2.45) is 0 Å². The third kappa shape index (κ3) is 2.51. The summed E-state index contributed by atoms with van der Waals surface area (Å²) in [5, 5.41) is 8.09. The molecule has 0 aromatic carbocycles. The summed E-state index contributed by atoms with van der Waals surface area (Å²) < 4.78 is 29.9. The van der Waals surface area contributed by atoms with E-state index in [0.717, 1.165) is 4.90 Å². The first-order valence-electron chi connectivity index (χ1n) is 6.99. The van der Waals surface area contributed by atoms with E-state index in [0.29, 0.717) is 5.69 Å². The number of nitrogens with zero attached hydrogens (tertiary/aromatic N) is 2. The van der Waals surface area contributed by atoms with Gasteiger partial charge in [0, 0.05) is 18.9 Å². The summed E-state index contributed by atoms with van der Waals surface area (Å²) >= 11 is 0. The maximum atomic E-state index is 12.5. The van der Waals surface area contributed by atoms with Crippen LogP contribution in [0.25, 0.3) is 6.08 Å². The van der Waals surface area contributed by atoms with Crippen molar-refractivity contribution in [3.8, 4) is 0 Å². The van der Waals surface area contributed by atoms with Crippen molar-refractivity contribution in [3.63, 3.8) is 0 Å². The molecule has 1 fully saturated rings. The number of sulfone groups is 1. The summed E-state index contributed by atoms with van der Waals surface area (Å²) in [7, 11) is -2.43. The number of amides is 1. The smallest absolute Gasteiger partial charge is 0.352 e. The molecule has 0 bridgehead atoms. The number of aromatic nitrogens is 1. The summed E-state index contributed by atoms with van der Waals surface area (Å²) in [5.74, 6) is -2.47. The number of rotatable bonds is 4. The first-order valence-corrected chi connectivity index (χ1v) is 8.70. The van der Waals surface area contributed by atoms with Gasteiger partial charge in [-0.3, -0.25) is 14.7 Å². The van der Waals surface area contributed by atoms with E-state index in [4.69, 9.17) is 4.74 Å². The van der Waals surface area contributed by atoms with E-state index in [1.165, 1.54) is 19.4 Å². The summed E-state index contributed by atoms with van der Waals surface area (Å²) in [6.07, 6.45) is 2.89. The summed E-state index contributed by atoms with van der Waals surface area (Å²) in [6.45, 7) is -0.170. The van der Waals surface area contributed by atoms with Crippen LogP contribution >= 0.6 is 0 Å². The number of carboxylic acid groups (broad SMARTS) is 1. The zero-order valence-corrected chi connectivity index (χ0v) is 13.5. The van der Waals surface area contributed by atoms with Gasteiger partial charge in [-0.2, -0.15) is 0 Å². The summed E-state index contributed by atoms with van der Waals surface area (Å²) in [4.78, 5) is 28.7. The van der Waals surface area contributed by atoms with Gasteiger partial charge in [0.05, 0.1) is 23.6 Å². The Morgan fingerprint density at radius 3 is 2.83 bits per heavy atom. The number of carbonyl (C=O) groups is 2. The first kappa shape index (κ1) is 16.3. The molecule has 2 aliphatic rings. The van der Waals surface area contributed by atoms with Crippen LogP contribution in [-0.4, -0.2) is 60.1 Å². The highest BCUT2D eigenvalue weighted by Crippen LogP contribution is 2.40. The lowest BCUT2D eigenvalue weighted by molar-refractivity contribution is -0.141. The molecule has 2 aliphatic heterocycles. The largest absolute Gasteiger partial charge is 0.477 e. The van der Waals surface area contributed by atoms with Gasteiger partial charge in [-0.05, 0) is 18.2 Å². The number of hydrogen-bond acceptors (Lipinski definition) is 6. The maximum Gasteiger partial charge on any atom is 0.352 e. The van der Waals surface area contributed by atoms with Crippen LogP contribution in [0.3, 0.4) is 0 Å². The van der Waals surface area contributed by atoms with E-state index < -0.39 is 32.8 Å². The third-order valence-electron chi connectivity index (χ3n) is 3.77. The predicted molar refractivity (Wildman–Crippen MR) is 83.2 cm³/mol. The van der Waals surface area contributed by atoms with Crippen molar-refractivity contribution < 1.29 is 27.9 Å². The molecule has 3 rings (SSSR count). The third-order valence-corrected chi connectivity index (χ3v) is 5.67. The molecule has 0 saturated carbocycles. The van der Waals surface area contributed by atoms with E-state index >= 15 is 0 Å². The van der Waals surface area contributed by atoms with E-state index in [2.05, 4.69) is 4.98 Å². The number of pyridine rings is 1. The van der Waals surface area contributed by atoms with E-state index in [-0.39, 0.29) is 23.5 Å². The van der Waals surface area contributed by atoms with E-state index in [1.54, 1.807) is 18.2 Å². The average molecular weight is 350 g/mol. The van der Waals surface area contributed by atoms with Gasteiger partial charge < -0.3 is 9.84 Å². The molecule has 126 valence electrons. The van der Waals surface area contributed by atoms with Crippen molar-refractivity contribution in [2.75, 3.05) is 19.5 Å². The molecule has 1 saturated heterocycles. The molecular formula is C15H14N2O6S. The molecule has 0 unspecified atom stereocenters. The Morgan fingerprint density at radius 1 is 1.50 bits per heavy atom. The molecule has 9 heteroatoms. The molecule has 0 spiro atoms. The Hall–Kier alpha value is -2.52. The quantitative estimate of drug-likeness (QED) is 0.603. The number of carboxylic acids is 1. The van der Waals surface area contributed by atoms with Crippen LogP contribution in [0.1, 0.15) is 5.69 Å². The van der Waals surface area contributed by atoms with Gasteiger partial charge in [-0.15, -0.1) is 0 Å². The maximum absolute atomic E-state index is 12.5. The lowest BCUT2D eigenvalue weighted by Crippen LogP contribution is -2.62. The van der Waals surface area contributed by atoms with Crippen LogP contribution in [0.15, 0.2) is 41.2 Å². The van der Waals surface area contributed by atoms with Crippen molar-refractivity contribution in [1.82, 2.24) is 9.88 Å². The number of hydrogen-bond donors (Lipinski definition) is 1. The Kier molecular flexibility index (Phi) is 3.98. The molecule has 0 radical (unpaired) electrons. The molecule has 1 atom stereocenters. The van der Waals surface area contributed by atoms with Crippen molar-refractivity contribution in [3.05, 3.63) is 46.9 Å². The Bertz CT molecular complexity index is 872. The lowest BCUT2D eigenvalue weighted by atomic mass is 10.0. The second-order valence-corrected chi connectivity index (χ2v) is 7.44. The number of fused-ring (bicyclic) bond motifs is 1. The minimum absolute atomic E-state index is 0.0175. The van der Waals surface area contributed by atoms with Crippen LogP contribution in [0, 0.1) is 0 Å². The molecule has 8 nitrogen and oxygen atoms in total. The number of aliphatic carboxylic acids is 1. The minimum Gasteiger partial charge on any atom is -0.477 e. The highest BCUT2D eigenvalue weighted by atomic mass is 32.2. The van der Waals surface area contributed by atoms with Gasteiger partial charge >= 0.3 is 5.97 Å². The highest BCUT2D eigenvalue weighted by molar-refractivity contribution is 7.92. The lowest BCUT2D eigenvalue weighted by Gasteiger charge is -2.45. The van der Waals surface area contributed by atoms with Crippen molar-refractivity contribution in [2.45, 2.75) is 5.37 Å². The summed E-state index contributed by atoms with van der Waals surface area (Å²) in [6, 6.07) is 5.02. The van der Waals surface area contributed by atoms with Crippen LogP contribution in [0.2, 0.25) is 0 Å². The number of carbonyl (C=O) groups excluding carboxylic acids is 1. The first-order chi connectivity index (χ1) is 11.4. The van der Waals surface area contributed by atoms with Crippen molar-refractivity contribution >= 4 is 27.8 Å². The van der Waals surface area contributed by atoms with Crippen LogP contribution in [-0.2, 0) is 24.2 Å². The van der Waals surface area contributed by atoms with Crippen LogP contribution < -0.4 is 0 Å². The molecule has 1 aromatic rings. The SMILES string of the molecule is COCC1=C(C(=O)O)N2C(=O)/C(=C/c3ccccn3)[C@H]2S(=O)(=O)C1. The Morgan fingerprint density at radius 2 is 2.25 bits per heavy atom. The van der Waals surface area contributed by atoms with Crippen LogP contribution in [0.5, 0.6) is 0 Å². The monoisotopic (exact) mass is 350 g/mol. The van der Waals surface area contributed by atoms with Gasteiger partial charge in [0.1, 0.15) is 5.70 Å². The van der Waals surface area contributed by atoms with E-state index in [9.17, 15) is 23.1 Å². The van der Waals surface area contributed by atoms with Gasteiger partial charge in [0.25, 0.3) is 5.91 Å². The topological polar surface area (TPSA) is 114 Å². The normalized spacial score (nSPS) is 23.9. The average Bonchev–Trinajstić information content (AvgIpc) is 2.52. The molecule has 1 aromatic heterocycles. The Balaban J connectivity index is 2.09. The zero-order valence-electron chi connectivity index (χ0n) is 12.7. The number of ether oxygens (including phenoxy) is 1. The van der Waals surface area contributed by atoms with Gasteiger partial charge in [0.2, 0.25) is 0 Å². The van der Waals surface area contributed by atoms with Crippen LogP contribution in [0.4, 0.5) is 0 Å². The molecule has 24 heavy (non-hydrogen) atoms. The molecule has 1 amide bonds. The van der Waals surface area contributed by atoms with E-state index in [1.807, 2.05) is 0 Å². The fourth-order valence-corrected chi connectivity index (χ4v) is 4.79. The molecular weight excluding hydrogens is 336 g/mol. The van der Waals surface area contributed by atoms with Gasteiger partial charge in [-0.1, -0.05) is 6.07 Å². The molecule has 0 aliphatic carbocycles. The highest BCUT2D eigenvalue weighted by Gasteiger charge is 2.56. The van der Waals surface area contributed by atoms with Gasteiger partial charge in [0.15, 0.2) is 15.2 Å². The second kappa shape index (κ2) is 5.84. The van der Waals surface area contributed by atoms with Gasteiger partial charge in [-0.25, -0.2) is 13.2 Å². The predicted octanol–water partition coefficient (Wildman–Crippen LogP) is 0.0468. The molecule has 1 N–H and O–H groups in total. The number of methoxy groups -OCH3 is 1. The molecule has 3 heterocycles. The second-order valence-electron chi connectivity index (χ2n) is 5.38. The number of β-lactam (4-membered cyclic amide) rings is 1. The van der Waals surface area contributed by atoms with Crippen molar-refractivity contribution in [1.29, 1.82) is 0 Å².